The minimum absolute atomic E-state index is 0.725. The maximum Gasteiger partial charge on any atom is 0.0255 e. The number of nitrogens with zero attached hydrogens (tertiary/aromatic N) is 1. The number of likely N-dealkylation sites (N-methyl/N-ethyl adjacent to an activating group) is 1. The van der Waals surface area contributed by atoms with Crippen LogP contribution in [0.25, 0.3) is 0 Å². The van der Waals surface area contributed by atoms with E-state index in [1.165, 1.54) is 45.1 Å². The number of nitrogens with one attached hydrogen (secondary N) is 1. The van der Waals surface area contributed by atoms with Gasteiger partial charge in [0.15, 0.2) is 0 Å². The average Bonchev–Trinajstić information content (AvgIpc) is 2.45. The summed E-state index contributed by atoms with van der Waals surface area (Å²) >= 11 is 0. The molecule has 0 amide bonds. The number of rotatable bonds is 5. The lowest BCUT2D eigenvalue weighted by Crippen LogP contribution is -2.59. The molecular weight excluding hydrogens is 256 g/mol. The van der Waals surface area contributed by atoms with Crippen molar-refractivity contribution in [3.05, 3.63) is 0 Å². The van der Waals surface area contributed by atoms with E-state index in [2.05, 4.69) is 44.8 Å². The highest BCUT2D eigenvalue weighted by atomic mass is 15.2. The van der Waals surface area contributed by atoms with Crippen LogP contribution in [0.1, 0.15) is 73.1 Å². The second kappa shape index (κ2) is 7.97. The molecule has 0 radical (unpaired) electrons. The molecule has 1 saturated carbocycles. The van der Waals surface area contributed by atoms with E-state index in [0.717, 1.165) is 42.4 Å². The van der Waals surface area contributed by atoms with E-state index in [1.807, 2.05) is 0 Å². The molecule has 1 heterocycles. The molecule has 6 unspecified atom stereocenters. The lowest BCUT2D eigenvalue weighted by atomic mass is 9.76. The van der Waals surface area contributed by atoms with Crippen molar-refractivity contribution in [2.45, 2.75) is 91.3 Å². The monoisotopic (exact) mass is 294 g/mol. The highest BCUT2D eigenvalue weighted by Crippen LogP contribution is 2.36. The maximum atomic E-state index is 3.80. The minimum atomic E-state index is 0.725. The quantitative estimate of drug-likeness (QED) is 0.813. The molecule has 124 valence electrons. The molecule has 2 nitrogen and oxygen atoms in total. The van der Waals surface area contributed by atoms with E-state index in [9.17, 15) is 0 Å². The largest absolute Gasteiger partial charge is 0.313 e. The lowest BCUT2D eigenvalue weighted by Gasteiger charge is -2.50. The van der Waals surface area contributed by atoms with Crippen LogP contribution in [0, 0.1) is 17.8 Å². The Morgan fingerprint density at radius 2 is 1.81 bits per heavy atom. The van der Waals surface area contributed by atoms with E-state index in [0.29, 0.717) is 0 Å². The molecule has 1 aliphatic carbocycles. The van der Waals surface area contributed by atoms with Gasteiger partial charge in [0.25, 0.3) is 0 Å². The fraction of sp³-hybridized carbons (Fsp3) is 1.00. The van der Waals surface area contributed by atoms with Gasteiger partial charge in [-0.25, -0.2) is 0 Å². The van der Waals surface area contributed by atoms with Crippen LogP contribution in [0.4, 0.5) is 0 Å². The molecule has 0 spiro atoms. The van der Waals surface area contributed by atoms with Gasteiger partial charge in [-0.2, -0.15) is 0 Å². The summed E-state index contributed by atoms with van der Waals surface area (Å²) in [6.07, 6.45) is 8.45. The van der Waals surface area contributed by atoms with Crippen LogP contribution in [0.3, 0.4) is 0 Å². The van der Waals surface area contributed by atoms with Crippen LogP contribution < -0.4 is 5.32 Å². The van der Waals surface area contributed by atoms with Gasteiger partial charge in [-0.05, 0) is 56.9 Å². The second-order valence-electron chi connectivity index (χ2n) is 7.95. The fourth-order valence-corrected chi connectivity index (χ4v) is 4.97. The van der Waals surface area contributed by atoms with Crippen LogP contribution in [0.5, 0.6) is 0 Å². The van der Waals surface area contributed by atoms with Crippen LogP contribution >= 0.6 is 0 Å². The van der Waals surface area contributed by atoms with Gasteiger partial charge in [0, 0.05) is 24.7 Å². The first-order valence-electron chi connectivity index (χ1n) is 9.55. The average molecular weight is 295 g/mol. The maximum absolute atomic E-state index is 3.80. The van der Waals surface area contributed by atoms with Crippen molar-refractivity contribution in [1.29, 1.82) is 0 Å². The van der Waals surface area contributed by atoms with E-state index in [-0.39, 0.29) is 0 Å². The third-order valence-electron chi connectivity index (χ3n) is 6.16. The Hall–Kier alpha value is -0.0800. The summed E-state index contributed by atoms with van der Waals surface area (Å²) in [5, 5.41) is 3.80. The Kier molecular flexibility index (Phi) is 6.55. The molecule has 0 aromatic heterocycles. The Morgan fingerprint density at radius 1 is 1.05 bits per heavy atom. The molecule has 6 atom stereocenters. The normalized spacial score (nSPS) is 42.1. The van der Waals surface area contributed by atoms with Gasteiger partial charge in [-0.1, -0.05) is 40.5 Å². The molecule has 2 aliphatic rings. The van der Waals surface area contributed by atoms with E-state index in [1.54, 1.807) is 0 Å². The molecule has 1 saturated heterocycles. The Morgan fingerprint density at radius 3 is 2.48 bits per heavy atom. The zero-order chi connectivity index (χ0) is 15.4. The second-order valence-corrected chi connectivity index (χ2v) is 7.95. The molecule has 21 heavy (non-hydrogen) atoms. The van der Waals surface area contributed by atoms with Crippen LogP contribution in [-0.4, -0.2) is 36.1 Å². The molecule has 2 heteroatoms. The SMILES string of the molecule is CCCC1CCC(NCC)C(N2CC(C)CC(C)C2C)C1. The Bertz CT molecular complexity index is 304. The third-order valence-corrected chi connectivity index (χ3v) is 6.16. The standard InChI is InChI=1S/C19H38N2/c1-6-8-17-9-10-18(20-7-2)19(12-17)21-13-14(3)11-15(4)16(21)5/h14-20H,6-13H2,1-5H3. The highest BCUT2D eigenvalue weighted by Gasteiger charge is 2.39. The fourth-order valence-electron chi connectivity index (χ4n) is 4.97. The van der Waals surface area contributed by atoms with Crippen LogP contribution in [-0.2, 0) is 0 Å². The molecule has 0 aromatic carbocycles. The number of likely N-dealkylation sites (tertiary alicyclic amines) is 1. The first kappa shape index (κ1) is 17.3. The smallest absolute Gasteiger partial charge is 0.0255 e. The van der Waals surface area contributed by atoms with E-state index in [4.69, 9.17) is 0 Å². The van der Waals surface area contributed by atoms with Gasteiger partial charge >= 0.3 is 0 Å². The predicted molar refractivity (Wildman–Crippen MR) is 92.6 cm³/mol. The molecular formula is C19H38N2. The van der Waals surface area contributed by atoms with Crippen molar-refractivity contribution in [1.82, 2.24) is 10.2 Å². The van der Waals surface area contributed by atoms with Crippen molar-refractivity contribution in [2.24, 2.45) is 17.8 Å². The predicted octanol–water partition coefficient (Wildman–Crippen LogP) is 4.30. The number of hydrogen-bond donors (Lipinski definition) is 1. The van der Waals surface area contributed by atoms with Gasteiger partial charge in [0.2, 0.25) is 0 Å². The van der Waals surface area contributed by atoms with Crippen molar-refractivity contribution in [3.8, 4) is 0 Å². The van der Waals surface area contributed by atoms with Crippen LogP contribution in [0.15, 0.2) is 0 Å². The summed E-state index contributed by atoms with van der Waals surface area (Å²) < 4.78 is 0. The first-order chi connectivity index (χ1) is 10.1. The first-order valence-corrected chi connectivity index (χ1v) is 9.55. The van der Waals surface area contributed by atoms with E-state index >= 15 is 0 Å². The molecule has 1 aliphatic heterocycles. The molecule has 2 rings (SSSR count). The summed E-state index contributed by atoms with van der Waals surface area (Å²) in [4.78, 5) is 2.88. The molecule has 0 bridgehead atoms. The van der Waals surface area contributed by atoms with Crippen LogP contribution in [0.2, 0.25) is 0 Å². The summed E-state index contributed by atoms with van der Waals surface area (Å²) in [5.41, 5.74) is 0. The Balaban J connectivity index is 2.09. The highest BCUT2D eigenvalue weighted by molar-refractivity contribution is 4.95. The lowest BCUT2D eigenvalue weighted by molar-refractivity contribution is 0.000484. The van der Waals surface area contributed by atoms with Gasteiger partial charge in [0.05, 0.1) is 0 Å². The van der Waals surface area contributed by atoms with Gasteiger partial charge in [-0.15, -0.1) is 0 Å². The topological polar surface area (TPSA) is 15.3 Å². The van der Waals surface area contributed by atoms with Crippen molar-refractivity contribution in [3.63, 3.8) is 0 Å². The van der Waals surface area contributed by atoms with Gasteiger partial charge in [0.1, 0.15) is 0 Å². The summed E-state index contributed by atoms with van der Waals surface area (Å²) in [5.74, 6) is 2.68. The zero-order valence-electron chi connectivity index (χ0n) is 15.1. The van der Waals surface area contributed by atoms with Gasteiger partial charge < -0.3 is 5.32 Å². The molecule has 1 N–H and O–H groups in total. The summed E-state index contributed by atoms with van der Waals surface area (Å²) in [6.45, 7) is 14.4. The number of hydrogen-bond acceptors (Lipinski definition) is 2. The minimum Gasteiger partial charge on any atom is -0.313 e. The van der Waals surface area contributed by atoms with E-state index < -0.39 is 0 Å². The summed E-state index contributed by atoms with van der Waals surface area (Å²) in [7, 11) is 0. The zero-order valence-corrected chi connectivity index (χ0v) is 15.1. The Labute approximate surface area is 133 Å². The van der Waals surface area contributed by atoms with Crippen molar-refractivity contribution in [2.75, 3.05) is 13.1 Å². The number of piperidine rings is 1. The molecule has 0 aromatic rings. The van der Waals surface area contributed by atoms with Gasteiger partial charge in [-0.3, -0.25) is 4.90 Å². The molecule has 2 fully saturated rings. The van der Waals surface area contributed by atoms with Crippen molar-refractivity contribution < 1.29 is 0 Å². The summed E-state index contributed by atoms with van der Waals surface area (Å²) in [6, 6.07) is 2.26. The van der Waals surface area contributed by atoms with Crippen molar-refractivity contribution >= 4 is 0 Å². The third kappa shape index (κ3) is 4.22.